The summed E-state index contributed by atoms with van der Waals surface area (Å²) in [5, 5.41) is 9.30. The van der Waals surface area contributed by atoms with Crippen LogP contribution in [-0.2, 0) is 9.59 Å². The van der Waals surface area contributed by atoms with E-state index in [0.717, 1.165) is 0 Å². The SMILES string of the molecule is O=C(O)[C@H]1CC(=O)N(c2cc3c(cc2Cl)OCO3)C1. The Morgan fingerprint density at radius 2 is 2.05 bits per heavy atom. The zero-order chi connectivity index (χ0) is 13.6. The molecule has 1 aromatic carbocycles. The predicted octanol–water partition coefficient (Wildman–Crippen LogP) is 1.51. The number of aliphatic carboxylic acids is 1. The van der Waals surface area contributed by atoms with Crippen molar-refractivity contribution in [2.24, 2.45) is 5.92 Å². The van der Waals surface area contributed by atoms with E-state index in [1.807, 2.05) is 0 Å². The van der Waals surface area contributed by atoms with Crippen molar-refractivity contribution in [3.05, 3.63) is 17.2 Å². The molecule has 0 radical (unpaired) electrons. The van der Waals surface area contributed by atoms with Gasteiger partial charge in [0.05, 0.1) is 16.6 Å². The number of nitrogens with zero attached hydrogens (tertiary/aromatic N) is 1. The molecule has 1 N–H and O–H groups in total. The average molecular weight is 284 g/mol. The number of carbonyl (C=O) groups excluding carboxylic acids is 1. The maximum absolute atomic E-state index is 11.9. The van der Waals surface area contributed by atoms with Gasteiger partial charge in [0.15, 0.2) is 11.5 Å². The molecule has 1 aromatic rings. The van der Waals surface area contributed by atoms with Crippen LogP contribution < -0.4 is 14.4 Å². The van der Waals surface area contributed by atoms with E-state index in [1.165, 1.54) is 4.90 Å². The fraction of sp³-hybridized carbons (Fsp3) is 0.333. The average Bonchev–Trinajstić information content (AvgIpc) is 2.94. The number of hydrogen-bond donors (Lipinski definition) is 1. The molecular weight excluding hydrogens is 274 g/mol. The smallest absolute Gasteiger partial charge is 0.308 e. The number of carboxylic acids is 1. The lowest BCUT2D eigenvalue weighted by molar-refractivity contribution is -0.141. The molecule has 2 heterocycles. The summed E-state index contributed by atoms with van der Waals surface area (Å²) in [6.07, 6.45) is -0.0138. The normalized spacial score (nSPS) is 21.0. The van der Waals surface area contributed by atoms with Gasteiger partial charge in [0, 0.05) is 25.1 Å². The fourth-order valence-electron chi connectivity index (χ4n) is 2.22. The molecule has 1 fully saturated rings. The Kier molecular flexibility index (Phi) is 2.74. The largest absolute Gasteiger partial charge is 0.481 e. The highest BCUT2D eigenvalue weighted by Crippen LogP contribution is 2.42. The molecule has 2 aliphatic heterocycles. The number of carboxylic acid groups (broad SMARTS) is 1. The van der Waals surface area contributed by atoms with Gasteiger partial charge in [0.25, 0.3) is 0 Å². The first kappa shape index (κ1) is 12.1. The van der Waals surface area contributed by atoms with Gasteiger partial charge in [-0.15, -0.1) is 0 Å². The standard InChI is InChI=1S/C12H10ClNO5/c13-7-2-9-10(19-5-18-9)3-8(7)14-4-6(12(16)17)1-11(14)15/h2-3,6H,1,4-5H2,(H,16,17)/t6-/m0/s1. The van der Waals surface area contributed by atoms with Crippen LogP contribution in [0.5, 0.6) is 11.5 Å². The van der Waals surface area contributed by atoms with Gasteiger partial charge in [-0.1, -0.05) is 11.6 Å². The van der Waals surface area contributed by atoms with Crippen LogP contribution in [0.25, 0.3) is 0 Å². The van der Waals surface area contributed by atoms with Crippen molar-refractivity contribution >= 4 is 29.2 Å². The van der Waals surface area contributed by atoms with Gasteiger partial charge in [-0.25, -0.2) is 0 Å². The van der Waals surface area contributed by atoms with Gasteiger partial charge in [-0.2, -0.15) is 0 Å². The number of carbonyl (C=O) groups is 2. The second-order valence-corrected chi connectivity index (χ2v) is 4.81. The number of amides is 1. The molecular formula is C12H10ClNO5. The Bertz CT molecular complexity index is 573. The summed E-state index contributed by atoms with van der Waals surface area (Å²) in [6.45, 7) is 0.230. The zero-order valence-electron chi connectivity index (χ0n) is 9.76. The molecule has 1 saturated heterocycles. The summed E-state index contributed by atoms with van der Waals surface area (Å²) in [5.74, 6) is -0.906. The summed E-state index contributed by atoms with van der Waals surface area (Å²) >= 11 is 6.10. The van der Waals surface area contributed by atoms with Gasteiger partial charge >= 0.3 is 5.97 Å². The lowest BCUT2D eigenvalue weighted by atomic mass is 10.1. The Morgan fingerprint density at radius 3 is 2.68 bits per heavy atom. The van der Waals surface area contributed by atoms with Crippen LogP contribution in [0.15, 0.2) is 12.1 Å². The van der Waals surface area contributed by atoms with Crippen molar-refractivity contribution in [2.75, 3.05) is 18.2 Å². The lowest BCUT2D eigenvalue weighted by Crippen LogP contribution is -2.26. The van der Waals surface area contributed by atoms with Crippen molar-refractivity contribution in [3.8, 4) is 11.5 Å². The summed E-state index contributed by atoms with van der Waals surface area (Å²) in [7, 11) is 0. The second-order valence-electron chi connectivity index (χ2n) is 4.40. The Labute approximate surface area is 113 Å². The quantitative estimate of drug-likeness (QED) is 0.890. The van der Waals surface area contributed by atoms with E-state index in [1.54, 1.807) is 12.1 Å². The number of rotatable bonds is 2. The van der Waals surface area contributed by atoms with Gasteiger partial charge < -0.3 is 19.5 Å². The first-order valence-corrected chi connectivity index (χ1v) is 6.06. The molecule has 2 aliphatic rings. The molecule has 0 bridgehead atoms. The third kappa shape index (κ3) is 1.98. The number of fused-ring (bicyclic) bond motifs is 1. The third-order valence-electron chi connectivity index (χ3n) is 3.21. The highest BCUT2D eigenvalue weighted by molar-refractivity contribution is 6.34. The molecule has 1 amide bonds. The number of hydrogen-bond acceptors (Lipinski definition) is 4. The lowest BCUT2D eigenvalue weighted by Gasteiger charge is -2.18. The van der Waals surface area contributed by atoms with Crippen LogP contribution in [0.2, 0.25) is 5.02 Å². The molecule has 0 saturated carbocycles. The first-order valence-electron chi connectivity index (χ1n) is 5.68. The highest BCUT2D eigenvalue weighted by Gasteiger charge is 2.36. The number of anilines is 1. The van der Waals surface area contributed by atoms with Gasteiger partial charge in [0.1, 0.15) is 0 Å². The summed E-state index contributed by atoms with van der Waals surface area (Å²) in [4.78, 5) is 24.2. The third-order valence-corrected chi connectivity index (χ3v) is 3.51. The second kappa shape index (κ2) is 4.31. The van der Waals surface area contributed by atoms with Crippen molar-refractivity contribution in [3.63, 3.8) is 0 Å². The molecule has 6 nitrogen and oxygen atoms in total. The topological polar surface area (TPSA) is 76.1 Å². The van der Waals surface area contributed by atoms with Gasteiger partial charge in [-0.3, -0.25) is 9.59 Å². The minimum Gasteiger partial charge on any atom is -0.481 e. The van der Waals surface area contributed by atoms with E-state index >= 15 is 0 Å². The molecule has 0 aromatic heterocycles. The summed E-state index contributed by atoms with van der Waals surface area (Å²) in [6, 6.07) is 3.17. The number of ether oxygens (including phenoxy) is 2. The van der Waals surface area contributed by atoms with E-state index in [2.05, 4.69) is 0 Å². The maximum atomic E-state index is 11.9. The first-order chi connectivity index (χ1) is 9.06. The van der Waals surface area contributed by atoms with E-state index in [0.29, 0.717) is 22.2 Å². The van der Waals surface area contributed by atoms with Crippen LogP contribution >= 0.6 is 11.6 Å². The molecule has 0 aliphatic carbocycles. The Morgan fingerprint density at radius 1 is 1.37 bits per heavy atom. The number of halogens is 1. The zero-order valence-corrected chi connectivity index (χ0v) is 10.5. The maximum Gasteiger partial charge on any atom is 0.308 e. The van der Waals surface area contributed by atoms with Crippen LogP contribution in [0.4, 0.5) is 5.69 Å². The monoisotopic (exact) mass is 283 g/mol. The minimum absolute atomic E-state index is 0.0138. The van der Waals surface area contributed by atoms with Crippen molar-refractivity contribution in [1.29, 1.82) is 0 Å². The molecule has 19 heavy (non-hydrogen) atoms. The Hall–Kier alpha value is -1.95. The molecule has 7 heteroatoms. The van der Waals surface area contributed by atoms with Crippen LogP contribution in [-0.4, -0.2) is 30.3 Å². The van der Waals surface area contributed by atoms with Gasteiger partial charge in [-0.05, 0) is 0 Å². The predicted molar refractivity (Wildman–Crippen MR) is 65.7 cm³/mol. The van der Waals surface area contributed by atoms with E-state index in [4.69, 9.17) is 26.2 Å². The summed E-state index contributed by atoms with van der Waals surface area (Å²) in [5.41, 5.74) is 0.458. The van der Waals surface area contributed by atoms with E-state index < -0.39 is 11.9 Å². The van der Waals surface area contributed by atoms with Crippen molar-refractivity contribution in [2.45, 2.75) is 6.42 Å². The molecule has 0 spiro atoms. The van der Waals surface area contributed by atoms with Crippen LogP contribution in [0.3, 0.4) is 0 Å². The molecule has 3 rings (SSSR count). The number of benzene rings is 1. The molecule has 100 valence electrons. The summed E-state index contributed by atoms with van der Waals surface area (Å²) < 4.78 is 10.4. The van der Waals surface area contributed by atoms with Gasteiger partial charge in [0.2, 0.25) is 12.7 Å². The molecule has 0 unspecified atom stereocenters. The van der Waals surface area contributed by atoms with E-state index in [9.17, 15) is 9.59 Å². The minimum atomic E-state index is -0.979. The fourth-order valence-corrected chi connectivity index (χ4v) is 2.47. The van der Waals surface area contributed by atoms with Crippen LogP contribution in [0, 0.1) is 5.92 Å². The van der Waals surface area contributed by atoms with Crippen molar-refractivity contribution < 1.29 is 24.2 Å². The highest BCUT2D eigenvalue weighted by atomic mass is 35.5. The Balaban J connectivity index is 1.95. The van der Waals surface area contributed by atoms with Crippen molar-refractivity contribution in [1.82, 2.24) is 0 Å². The van der Waals surface area contributed by atoms with Crippen LogP contribution in [0.1, 0.15) is 6.42 Å². The molecule has 1 atom stereocenters. The van der Waals surface area contributed by atoms with E-state index in [-0.39, 0.29) is 25.7 Å².